The van der Waals surface area contributed by atoms with Crippen molar-refractivity contribution >= 4 is 5.97 Å². The molecule has 0 aliphatic heterocycles. The second kappa shape index (κ2) is 4.51. The summed E-state index contributed by atoms with van der Waals surface area (Å²) < 4.78 is 4.86. The van der Waals surface area contributed by atoms with Gasteiger partial charge < -0.3 is 9.84 Å². The summed E-state index contributed by atoms with van der Waals surface area (Å²) in [7, 11) is 0. The smallest absolute Gasteiger partial charge is 0.313 e. The summed E-state index contributed by atoms with van der Waals surface area (Å²) in [5, 5.41) is 8.41. The topological polar surface area (TPSA) is 46.5 Å². The zero-order valence-corrected chi connectivity index (χ0v) is 6.56. The third-order valence-electron chi connectivity index (χ3n) is 1.29. The summed E-state index contributed by atoms with van der Waals surface area (Å²) >= 11 is 0. The lowest BCUT2D eigenvalue weighted by molar-refractivity contribution is -0.135. The number of benzene rings is 1. The molecule has 0 bridgehead atoms. The third-order valence-corrected chi connectivity index (χ3v) is 1.29. The monoisotopic (exact) mass is 166 g/mol. The van der Waals surface area contributed by atoms with Crippen LogP contribution < -0.4 is 4.74 Å². The molecule has 0 aromatic heterocycles. The molecule has 0 saturated heterocycles. The number of hydrogen-bond donors (Lipinski definition) is 1. The molecule has 1 aromatic rings. The minimum absolute atomic E-state index is 0.0366. The molecule has 0 atom stereocenters. The SMILES string of the molecule is O=C(CCO)Oc1ccccc1. The van der Waals surface area contributed by atoms with Crippen LogP contribution in [0.5, 0.6) is 5.75 Å². The fraction of sp³-hybridized carbons (Fsp3) is 0.222. The van der Waals surface area contributed by atoms with E-state index in [9.17, 15) is 4.79 Å². The first kappa shape index (κ1) is 8.74. The fourth-order valence-electron chi connectivity index (χ4n) is 0.762. The Morgan fingerprint density at radius 1 is 1.33 bits per heavy atom. The highest BCUT2D eigenvalue weighted by molar-refractivity contribution is 5.72. The number of hydrogen-bond acceptors (Lipinski definition) is 3. The molecule has 3 nitrogen and oxygen atoms in total. The lowest BCUT2D eigenvalue weighted by Gasteiger charge is -2.01. The molecule has 0 amide bonds. The molecule has 1 aromatic carbocycles. The van der Waals surface area contributed by atoms with Gasteiger partial charge in [-0.1, -0.05) is 18.2 Å². The number of carbonyl (C=O) groups is 1. The minimum atomic E-state index is -0.413. The maximum Gasteiger partial charge on any atom is 0.313 e. The molecule has 0 heterocycles. The quantitative estimate of drug-likeness (QED) is 0.537. The van der Waals surface area contributed by atoms with Crippen molar-refractivity contribution in [2.75, 3.05) is 6.61 Å². The summed E-state index contributed by atoms with van der Waals surface area (Å²) in [5.74, 6) is 0.0969. The number of ether oxygens (including phenoxy) is 1. The summed E-state index contributed by atoms with van der Waals surface area (Å²) in [5.41, 5.74) is 0. The van der Waals surface area contributed by atoms with E-state index in [1.807, 2.05) is 6.07 Å². The molecule has 3 heteroatoms. The highest BCUT2D eigenvalue weighted by atomic mass is 16.5. The minimum Gasteiger partial charge on any atom is -0.426 e. The van der Waals surface area contributed by atoms with Crippen molar-refractivity contribution in [2.24, 2.45) is 0 Å². The maximum absolute atomic E-state index is 10.8. The summed E-state index contributed by atoms with van der Waals surface area (Å²) in [6.45, 7) is -0.175. The molecule has 64 valence electrons. The maximum atomic E-state index is 10.8. The van der Waals surface area contributed by atoms with Gasteiger partial charge in [-0.2, -0.15) is 0 Å². The Kier molecular flexibility index (Phi) is 3.29. The van der Waals surface area contributed by atoms with Gasteiger partial charge in [-0.25, -0.2) is 0 Å². The summed E-state index contributed by atoms with van der Waals surface area (Å²) in [6.07, 6.45) is 0.0366. The third kappa shape index (κ3) is 2.72. The highest BCUT2D eigenvalue weighted by Gasteiger charge is 2.01. The van der Waals surface area contributed by atoms with E-state index in [1.165, 1.54) is 0 Å². The van der Waals surface area contributed by atoms with Gasteiger partial charge in [0.05, 0.1) is 13.0 Å². The van der Waals surface area contributed by atoms with Crippen LogP contribution in [-0.2, 0) is 4.79 Å². The van der Waals surface area contributed by atoms with Crippen molar-refractivity contribution in [1.29, 1.82) is 0 Å². The Bertz CT molecular complexity index is 243. The molecule has 0 saturated carbocycles. The number of carbonyl (C=O) groups excluding carboxylic acids is 1. The van der Waals surface area contributed by atoms with Crippen LogP contribution in [0, 0.1) is 0 Å². The van der Waals surface area contributed by atoms with Crippen molar-refractivity contribution < 1.29 is 14.6 Å². The van der Waals surface area contributed by atoms with Crippen LogP contribution in [0.3, 0.4) is 0 Å². The van der Waals surface area contributed by atoms with E-state index in [0.717, 1.165) is 0 Å². The first-order chi connectivity index (χ1) is 5.83. The molecule has 0 aliphatic rings. The standard InChI is InChI=1S/C9H10O3/c10-7-6-9(11)12-8-4-2-1-3-5-8/h1-5,10H,6-7H2. The zero-order valence-electron chi connectivity index (χ0n) is 6.56. The number of aliphatic hydroxyl groups is 1. The summed E-state index contributed by atoms with van der Waals surface area (Å²) in [6, 6.07) is 8.77. The van der Waals surface area contributed by atoms with Crippen molar-refractivity contribution in [1.82, 2.24) is 0 Å². The molecule has 12 heavy (non-hydrogen) atoms. The van der Waals surface area contributed by atoms with Crippen LogP contribution in [0.15, 0.2) is 30.3 Å². The van der Waals surface area contributed by atoms with Gasteiger partial charge in [-0.05, 0) is 12.1 Å². The lowest BCUT2D eigenvalue weighted by Crippen LogP contribution is -2.09. The van der Waals surface area contributed by atoms with Crippen LogP contribution in [0.25, 0.3) is 0 Å². The predicted molar refractivity (Wildman–Crippen MR) is 43.8 cm³/mol. The van der Waals surface area contributed by atoms with E-state index < -0.39 is 5.97 Å². The van der Waals surface area contributed by atoms with Crippen molar-refractivity contribution in [3.63, 3.8) is 0 Å². The molecule has 0 aliphatic carbocycles. The largest absolute Gasteiger partial charge is 0.426 e. The van der Waals surface area contributed by atoms with Gasteiger partial charge >= 0.3 is 5.97 Å². The molecule has 0 fully saturated rings. The van der Waals surface area contributed by atoms with Crippen LogP contribution in [0.4, 0.5) is 0 Å². The average molecular weight is 166 g/mol. The van der Waals surface area contributed by atoms with Crippen LogP contribution in [0.1, 0.15) is 6.42 Å². The van der Waals surface area contributed by atoms with Gasteiger partial charge in [0.2, 0.25) is 0 Å². The van der Waals surface area contributed by atoms with Gasteiger partial charge in [-0.3, -0.25) is 4.79 Å². The van der Waals surface area contributed by atoms with E-state index in [2.05, 4.69) is 0 Å². The van der Waals surface area contributed by atoms with Crippen molar-refractivity contribution in [2.45, 2.75) is 6.42 Å². The van der Waals surface area contributed by atoms with Gasteiger partial charge in [-0.15, -0.1) is 0 Å². The van der Waals surface area contributed by atoms with Crippen LogP contribution in [-0.4, -0.2) is 17.7 Å². The van der Waals surface area contributed by atoms with Crippen molar-refractivity contribution in [3.8, 4) is 5.75 Å². The Morgan fingerprint density at radius 2 is 2.00 bits per heavy atom. The number of esters is 1. The molecular formula is C9H10O3. The second-order valence-corrected chi connectivity index (χ2v) is 2.26. The molecule has 1 N–H and O–H groups in total. The van der Waals surface area contributed by atoms with E-state index in [-0.39, 0.29) is 13.0 Å². The zero-order chi connectivity index (χ0) is 8.81. The Balaban J connectivity index is 2.47. The van der Waals surface area contributed by atoms with E-state index in [4.69, 9.17) is 9.84 Å². The number of para-hydroxylation sites is 1. The van der Waals surface area contributed by atoms with Gasteiger partial charge in [0.25, 0.3) is 0 Å². The molecule has 1 rings (SSSR count). The first-order valence-corrected chi connectivity index (χ1v) is 3.69. The fourth-order valence-corrected chi connectivity index (χ4v) is 0.762. The van der Waals surface area contributed by atoms with E-state index >= 15 is 0 Å². The number of aliphatic hydroxyl groups excluding tert-OH is 1. The van der Waals surface area contributed by atoms with Gasteiger partial charge in [0, 0.05) is 0 Å². The average Bonchev–Trinajstić information content (AvgIpc) is 2.06. The van der Waals surface area contributed by atoms with Gasteiger partial charge in [0.15, 0.2) is 0 Å². The van der Waals surface area contributed by atoms with E-state index in [0.29, 0.717) is 5.75 Å². The normalized spacial score (nSPS) is 9.42. The molecule has 0 radical (unpaired) electrons. The highest BCUT2D eigenvalue weighted by Crippen LogP contribution is 2.08. The summed E-state index contributed by atoms with van der Waals surface area (Å²) in [4.78, 5) is 10.8. The van der Waals surface area contributed by atoms with Crippen molar-refractivity contribution in [3.05, 3.63) is 30.3 Å². The molecular weight excluding hydrogens is 156 g/mol. The first-order valence-electron chi connectivity index (χ1n) is 3.69. The Morgan fingerprint density at radius 3 is 2.58 bits per heavy atom. The molecule has 0 unspecified atom stereocenters. The van der Waals surface area contributed by atoms with Crippen LogP contribution >= 0.6 is 0 Å². The van der Waals surface area contributed by atoms with Gasteiger partial charge in [0.1, 0.15) is 5.75 Å². The lowest BCUT2D eigenvalue weighted by atomic mass is 10.3. The Labute approximate surface area is 70.6 Å². The molecule has 0 spiro atoms. The van der Waals surface area contributed by atoms with Crippen LogP contribution in [0.2, 0.25) is 0 Å². The second-order valence-electron chi connectivity index (χ2n) is 2.26. The predicted octanol–water partition coefficient (Wildman–Crippen LogP) is 0.974. The van der Waals surface area contributed by atoms with E-state index in [1.54, 1.807) is 24.3 Å². The Hall–Kier alpha value is -1.35. The number of rotatable bonds is 3.